The van der Waals surface area contributed by atoms with Gasteiger partial charge in [0.2, 0.25) is 5.91 Å². The maximum absolute atomic E-state index is 13.4. The number of anilines is 1. The van der Waals surface area contributed by atoms with Crippen molar-refractivity contribution >= 4 is 28.5 Å². The van der Waals surface area contributed by atoms with Crippen LogP contribution in [0.25, 0.3) is 11.0 Å². The van der Waals surface area contributed by atoms with Crippen LogP contribution < -0.4 is 11.1 Å². The molecule has 1 aromatic heterocycles. The Morgan fingerprint density at radius 3 is 2.78 bits per heavy atom. The van der Waals surface area contributed by atoms with Crippen molar-refractivity contribution in [3.63, 3.8) is 0 Å². The Labute approximate surface area is 130 Å². The second kappa shape index (κ2) is 5.88. The van der Waals surface area contributed by atoms with Crippen LogP contribution in [0.2, 0.25) is 0 Å². The SMILES string of the molecule is NC(=O)c1cc(NC(=O)Cc2noc3ccccc23)ccc1F. The number of halogens is 1. The van der Waals surface area contributed by atoms with E-state index >= 15 is 0 Å². The monoisotopic (exact) mass is 313 g/mol. The molecule has 3 aromatic rings. The first-order valence-corrected chi connectivity index (χ1v) is 6.77. The van der Waals surface area contributed by atoms with E-state index in [1.165, 1.54) is 12.1 Å². The fourth-order valence-electron chi connectivity index (χ4n) is 2.21. The fraction of sp³-hybridized carbons (Fsp3) is 0.0625. The number of carbonyl (C=O) groups excluding carboxylic acids is 2. The standard InChI is InChI=1S/C16H12FN3O3/c17-12-6-5-9(7-11(12)16(18)22)19-15(21)8-13-10-3-1-2-4-14(10)23-20-13/h1-7H,8H2,(H2,18,22)(H,19,21). The van der Waals surface area contributed by atoms with Crippen LogP contribution in [0, 0.1) is 5.82 Å². The number of amides is 2. The van der Waals surface area contributed by atoms with Crippen molar-refractivity contribution in [3.05, 3.63) is 59.5 Å². The van der Waals surface area contributed by atoms with Gasteiger partial charge in [0.1, 0.15) is 11.5 Å². The zero-order valence-corrected chi connectivity index (χ0v) is 11.9. The summed E-state index contributed by atoms with van der Waals surface area (Å²) in [5.41, 5.74) is 6.15. The van der Waals surface area contributed by atoms with E-state index in [2.05, 4.69) is 10.5 Å². The zero-order chi connectivity index (χ0) is 16.4. The molecule has 0 radical (unpaired) electrons. The summed E-state index contributed by atoms with van der Waals surface area (Å²) in [6, 6.07) is 10.8. The first-order valence-electron chi connectivity index (χ1n) is 6.77. The number of benzene rings is 2. The first kappa shape index (κ1) is 14.7. The van der Waals surface area contributed by atoms with Crippen molar-refractivity contribution in [2.45, 2.75) is 6.42 Å². The molecule has 23 heavy (non-hydrogen) atoms. The number of nitrogens with one attached hydrogen (secondary N) is 1. The van der Waals surface area contributed by atoms with Gasteiger partial charge in [0, 0.05) is 11.1 Å². The lowest BCUT2D eigenvalue weighted by Crippen LogP contribution is -2.17. The number of nitrogens with zero attached hydrogens (tertiary/aromatic N) is 1. The van der Waals surface area contributed by atoms with E-state index in [0.717, 1.165) is 11.5 Å². The highest BCUT2D eigenvalue weighted by atomic mass is 19.1. The van der Waals surface area contributed by atoms with Crippen LogP contribution in [0.4, 0.5) is 10.1 Å². The Hall–Kier alpha value is -3.22. The lowest BCUT2D eigenvalue weighted by Gasteiger charge is -2.06. The number of hydrogen-bond acceptors (Lipinski definition) is 4. The minimum absolute atomic E-state index is 0.0136. The Morgan fingerprint density at radius 1 is 1.22 bits per heavy atom. The van der Waals surface area contributed by atoms with Gasteiger partial charge in [-0.1, -0.05) is 17.3 Å². The van der Waals surface area contributed by atoms with Crippen molar-refractivity contribution < 1.29 is 18.5 Å². The molecule has 2 amide bonds. The Morgan fingerprint density at radius 2 is 2.00 bits per heavy atom. The van der Waals surface area contributed by atoms with E-state index in [0.29, 0.717) is 11.3 Å². The molecule has 0 saturated carbocycles. The molecular weight excluding hydrogens is 301 g/mol. The highest BCUT2D eigenvalue weighted by Crippen LogP contribution is 2.19. The normalized spacial score (nSPS) is 10.7. The molecule has 0 bridgehead atoms. The first-order chi connectivity index (χ1) is 11.0. The summed E-state index contributed by atoms with van der Waals surface area (Å²) < 4.78 is 18.5. The van der Waals surface area contributed by atoms with Gasteiger partial charge in [0.05, 0.1) is 12.0 Å². The fourth-order valence-corrected chi connectivity index (χ4v) is 2.21. The maximum atomic E-state index is 13.4. The molecule has 0 fully saturated rings. The number of fused-ring (bicyclic) bond motifs is 1. The highest BCUT2D eigenvalue weighted by molar-refractivity contribution is 5.97. The Bertz CT molecular complexity index is 904. The van der Waals surface area contributed by atoms with Gasteiger partial charge >= 0.3 is 0 Å². The van der Waals surface area contributed by atoms with Gasteiger partial charge in [0.25, 0.3) is 5.91 Å². The molecule has 3 rings (SSSR count). The van der Waals surface area contributed by atoms with Crippen molar-refractivity contribution in [2.75, 3.05) is 5.32 Å². The van der Waals surface area contributed by atoms with Crippen LogP contribution in [0.15, 0.2) is 47.0 Å². The zero-order valence-electron chi connectivity index (χ0n) is 11.9. The topological polar surface area (TPSA) is 98.2 Å². The van der Waals surface area contributed by atoms with Crippen molar-refractivity contribution in [1.29, 1.82) is 0 Å². The Kier molecular flexibility index (Phi) is 3.76. The van der Waals surface area contributed by atoms with Gasteiger partial charge in [-0.2, -0.15) is 0 Å². The van der Waals surface area contributed by atoms with Crippen LogP contribution in [-0.2, 0) is 11.2 Å². The molecule has 2 aromatic carbocycles. The average molecular weight is 313 g/mol. The number of primary amides is 1. The predicted molar refractivity (Wildman–Crippen MR) is 81.3 cm³/mol. The number of nitrogens with two attached hydrogens (primary N) is 1. The number of hydrogen-bond donors (Lipinski definition) is 2. The third kappa shape index (κ3) is 3.03. The molecule has 7 heteroatoms. The van der Waals surface area contributed by atoms with E-state index in [1.54, 1.807) is 18.2 Å². The summed E-state index contributed by atoms with van der Waals surface area (Å²) >= 11 is 0. The highest BCUT2D eigenvalue weighted by Gasteiger charge is 2.14. The van der Waals surface area contributed by atoms with Crippen LogP contribution in [0.3, 0.4) is 0 Å². The molecule has 6 nitrogen and oxygen atoms in total. The second-order valence-electron chi connectivity index (χ2n) is 4.91. The van der Waals surface area contributed by atoms with Crippen LogP contribution in [0.1, 0.15) is 16.1 Å². The van der Waals surface area contributed by atoms with Crippen molar-refractivity contribution in [1.82, 2.24) is 5.16 Å². The summed E-state index contributed by atoms with van der Waals surface area (Å²) in [5.74, 6) is -2.01. The van der Waals surface area contributed by atoms with E-state index in [9.17, 15) is 14.0 Å². The van der Waals surface area contributed by atoms with Gasteiger partial charge in [-0.05, 0) is 30.3 Å². The maximum Gasteiger partial charge on any atom is 0.251 e. The largest absolute Gasteiger partial charge is 0.366 e. The number of rotatable bonds is 4. The molecule has 0 aliphatic heterocycles. The predicted octanol–water partition coefficient (Wildman–Crippen LogP) is 2.25. The molecule has 0 saturated heterocycles. The van der Waals surface area contributed by atoms with Crippen molar-refractivity contribution in [2.24, 2.45) is 5.73 Å². The minimum atomic E-state index is -0.902. The quantitative estimate of drug-likeness (QED) is 0.771. The summed E-state index contributed by atoms with van der Waals surface area (Å²) in [4.78, 5) is 23.2. The summed E-state index contributed by atoms with van der Waals surface area (Å²) in [6.45, 7) is 0. The van der Waals surface area contributed by atoms with E-state index in [-0.39, 0.29) is 23.6 Å². The molecule has 1 heterocycles. The van der Waals surface area contributed by atoms with E-state index in [1.807, 2.05) is 6.07 Å². The molecule has 116 valence electrons. The molecule has 3 N–H and O–H groups in total. The van der Waals surface area contributed by atoms with Gasteiger partial charge in [-0.25, -0.2) is 4.39 Å². The summed E-state index contributed by atoms with van der Waals surface area (Å²) in [6.07, 6.45) is -0.0136. The summed E-state index contributed by atoms with van der Waals surface area (Å²) in [5, 5.41) is 7.19. The molecule has 0 aliphatic rings. The van der Waals surface area contributed by atoms with Crippen LogP contribution in [-0.4, -0.2) is 17.0 Å². The van der Waals surface area contributed by atoms with Crippen LogP contribution >= 0.6 is 0 Å². The third-order valence-corrected chi connectivity index (χ3v) is 3.30. The lowest BCUT2D eigenvalue weighted by atomic mass is 10.1. The van der Waals surface area contributed by atoms with Crippen molar-refractivity contribution in [3.8, 4) is 0 Å². The minimum Gasteiger partial charge on any atom is -0.366 e. The molecule has 0 unspecified atom stereocenters. The Balaban J connectivity index is 1.77. The molecular formula is C16H12FN3O3. The molecule has 0 atom stereocenters. The smallest absolute Gasteiger partial charge is 0.251 e. The third-order valence-electron chi connectivity index (χ3n) is 3.30. The van der Waals surface area contributed by atoms with Crippen LogP contribution in [0.5, 0.6) is 0 Å². The van der Waals surface area contributed by atoms with E-state index < -0.39 is 11.7 Å². The van der Waals surface area contributed by atoms with Gasteiger partial charge in [-0.3, -0.25) is 9.59 Å². The molecule has 0 aliphatic carbocycles. The summed E-state index contributed by atoms with van der Waals surface area (Å²) in [7, 11) is 0. The number of para-hydroxylation sites is 1. The van der Waals surface area contributed by atoms with Gasteiger partial charge in [0.15, 0.2) is 5.58 Å². The van der Waals surface area contributed by atoms with Gasteiger partial charge < -0.3 is 15.6 Å². The molecule has 0 spiro atoms. The average Bonchev–Trinajstić information content (AvgIpc) is 2.92. The van der Waals surface area contributed by atoms with E-state index in [4.69, 9.17) is 10.3 Å². The van der Waals surface area contributed by atoms with Gasteiger partial charge in [-0.15, -0.1) is 0 Å². The number of carbonyl (C=O) groups is 2. The number of aromatic nitrogens is 1. The second-order valence-corrected chi connectivity index (χ2v) is 4.91. The lowest BCUT2D eigenvalue weighted by molar-refractivity contribution is -0.115.